The van der Waals surface area contributed by atoms with E-state index in [-0.39, 0.29) is 11.8 Å². The Morgan fingerprint density at radius 1 is 1.15 bits per heavy atom. The highest BCUT2D eigenvalue weighted by Crippen LogP contribution is 2.42. The zero-order valence-electron chi connectivity index (χ0n) is 19.6. The number of rotatable bonds is 9. The van der Waals surface area contributed by atoms with Gasteiger partial charge in [-0.15, -0.1) is 0 Å². The lowest BCUT2D eigenvalue weighted by molar-refractivity contribution is -0.150. The van der Waals surface area contributed by atoms with Crippen LogP contribution in [0.5, 0.6) is 0 Å². The third-order valence-electron chi connectivity index (χ3n) is 6.78. The first kappa shape index (κ1) is 25.3. The van der Waals surface area contributed by atoms with Crippen molar-refractivity contribution in [3.8, 4) is 0 Å². The molecule has 1 saturated heterocycles. The second-order valence-electron chi connectivity index (χ2n) is 9.01. The van der Waals surface area contributed by atoms with Crippen LogP contribution >= 0.6 is 0 Å². The van der Waals surface area contributed by atoms with Crippen LogP contribution in [0.15, 0.2) is 29.3 Å². The van der Waals surface area contributed by atoms with Gasteiger partial charge in [-0.2, -0.15) is 13.2 Å². The van der Waals surface area contributed by atoms with Crippen molar-refractivity contribution < 1.29 is 27.5 Å². The molecular weight excluding hydrogens is 433 g/mol. The average Bonchev–Trinajstić information content (AvgIpc) is 3.00. The van der Waals surface area contributed by atoms with Gasteiger partial charge in [0.25, 0.3) is 0 Å². The molecule has 1 aromatic rings. The highest BCUT2D eigenvalue weighted by molar-refractivity contribution is 6.08. The Morgan fingerprint density at radius 2 is 1.85 bits per heavy atom. The molecule has 2 heterocycles. The number of unbranched alkanes of at least 4 members (excludes halogenated alkanes) is 2. The number of carbonyl (C=O) groups excluding carboxylic acids is 2. The van der Waals surface area contributed by atoms with E-state index in [4.69, 9.17) is 4.74 Å². The van der Waals surface area contributed by atoms with Gasteiger partial charge in [-0.1, -0.05) is 19.4 Å². The van der Waals surface area contributed by atoms with E-state index in [0.29, 0.717) is 49.1 Å². The first-order valence-electron chi connectivity index (χ1n) is 11.7. The van der Waals surface area contributed by atoms with Crippen molar-refractivity contribution in [3.63, 3.8) is 0 Å². The summed E-state index contributed by atoms with van der Waals surface area (Å²) in [5.74, 6) is -0.408. The topological polar surface area (TPSA) is 58.6 Å². The lowest BCUT2D eigenvalue weighted by Gasteiger charge is -2.39. The molecule has 0 radical (unpaired) electrons. The molecule has 0 amide bonds. The van der Waals surface area contributed by atoms with Crippen molar-refractivity contribution >= 4 is 17.4 Å². The predicted molar refractivity (Wildman–Crippen MR) is 121 cm³/mol. The fourth-order valence-corrected chi connectivity index (χ4v) is 4.72. The zero-order chi connectivity index (χ0) is 24.2. The highest BCUT2D eigenvalue weighted by Gasteiger charge is 2.50. The summed E-state index contributed by atoms with van der Waals surface area (Å²) in [4.78, 5) is 27.6. The fraction of sp³-hybridized carbons (Fsp3) is 0.600. The molecule has 0 atom stereocenters. The van der Waals surface area contributed by atoms with Crippen LogP contribution in [0.4, 0.5) is 18.9 Å². The van der Waals surface area contributed by atoms with E-state index >= 15 is 0 Å². The molecule has 182 valence electrons. The Balaban J connectivity index is 1.48. The minimum Gasteiger partial charge on any atom is -0.451 e. The van der Waals surface area contributed by atoms with Gasteiger partial charge in [0.1, 0.15) is 5.60 Å². The Hall–Kier alpha value is -2.35. The molecule has 1 fully saturated rings. The molecular formula is C25H33F3N2O3. The van der Waals surface area contributed by atoms with Crippen LogP contribution in [0, 0.1) is 6.92 Å². The van der Waals surface area contributed by atoms with E-state index < -0.39 is 17.3 Å². The normalized spacial score (nSPS) is 18.7. The molecule has 8 heteroatoms. The van der Waals surface area contributed by atoms with E-state index in [1.54, 1.807) is 13.8 Å². The summed E-state index contributed by atoms with van der Waals surface area (Å²) in [6, 6.07) is 3.68. The standard InChI is InChI=1S/C25H33F3N2O3/c1-4-30-14-11-24(12-15-30)22(18(3)23(32)33-24)21(31)8-6-5-7-13-29-20-16-19(25(26,27)28)10-9-17(20)2/h9-10,16,29H,4-8,11-15H2,1-3H3. The highest BCUT2D eigenvalue weighted by atomic mass is 19.4. The number of piperidine rings is 1. The molecule has 2 aliphatic heterocycles. The number of esters is 1. The maximum absolute atomic E-state index is 13.0. The van der Waals surface area contributed by atoms with Crippen LogP contribution in [0.25, 0.3) is 0 Å². The van der Waals surface area contributed by atoms with Crippen LogP contribution in [-0.2, 0) is 20.5 Å². The number of carbonyl (C=O) groups is 2. The minimum absolute atomic E-state index is 0.0232. The van der Waals surface area contributed by atoms with E-state index in [0.717, 1.165) is 50.2 Å². The van der Waals surface area contributed by atoms with Gasteiger partial charge in [0.2, 0.25) is 0 Å². The van der Waals surface area contributed by atoms with E-state index in [1.165, 1.54) is 6.07 Å². The van der Waals surface area contributed by atoms with Gasteiger partial charge in [0, 0.05) is 55.7 Å². The van der Waals surface area contributed by atoms with Crippen molar-refractivity contribution in [2.24, 2.45) is 0 Å². The molecule has 3 rings (SSSR count). The molecule has 1 spiro atoms. The maximum atomic E-state index is 13.0. The summed E-state index contributed by atoms with van der Waals surface area (Å²) < 4.78 is 44.5. The van der Waals surface area contributed by atoms with Crippen molar-refractivity contribution in [2.45, 2.75) is 71.1 Å². The lowest BCUT2D eigenvalue weighted by atomic mass is 9.80. The second kappa shape index (κ2) is 10.3. The average molecular weight is 467 g/mol. The zero-order valence-corrected chi connectivity index (χ0v) is 19.6. The van der Waals surface area contributed by atoms with Crippen molar-refractivity contribution in [1.29, 1.82) is 0 Å². The Labute approximate surface area is 193 Å². The summed E-state index contributed by atoms with van der Waals surface area (Å²) >= 11 is 0. The number of Topliss-reactive ketones (excluding diaryl/α,β-unsaturated/α-hetero) is 1. The van der Waals surface area contributed by atoms with Crippen LogP contribution in [0.1, 0.15) is 63.5 Å². The number of hydrogen-bond donors (Lipinski definition) is 1. The number of nitrogens with zero attached hydrogens (tertiary/aromatic N) is 1. The van der Waals surface area contributed by atoms with Gasteiger partial charge in [-0.05, 0) is 50.9 Å². The Bertz CT molecular complexity index is 916. The molecule has 1 N–H and O–H groups in total. The van der Waals surface area contributed by atoms with Crippen LogP contribution in [-0.4, -0.2) is 48.4 Å². The van der Waals surface area contributed by atoms with Gasteiger partial charge in [0.15, 0.2) is 5.78 Å². The molecule has 0 aromatic heterocycles. The SMILES string of the molecule is CCN1CCC2(CC1)OC(=O)C(C)=C2C(=O)CCCCCNc1cc(C(F)(F)F)ccc1C. The molecule has 0 aliphatic carbocycles. The van der Waals surface area contributed by atoms with Crippen molar-refractivity contribution in [2.75, 3.05) is 31.5 Å². The maximum Gasteiger partial charge on any atom is 0.416 e. The summed E-state index contributed by atoms with van der Waals surface area (Å²) in [7, 11) is 0. The summed E-state index contributed by atoms with van der Waals surface area (Å²) in [6.07, 6.45) is -0.597. The van der Waals surface area contributed by atoms with Gasteiger partial charge in [-0.3, -0.25) is 4.79 Å². The van der Waals surface area contributed by atoms with Crippen LogP contribution in [0.2, 0.25) is 0 Å². The molecule has 33 heavy (non-hydrogen) atoms. The Morgan fingerprint density at radius 3 is 2.48 bits per heavy atom. The van der Waals surface area contributed by atoms with Gasteiger partial charge < -0.3 is 15.0 Å². The number of hydrogen-bond acceptors (Lipinski definition) is 5. The number of nitrogens with one attached hydrogen (secondary N) is 1. The third-order valence-corrected chi connectivity index (χ3v) is 6.78. The molecule has 0 bridgehead atoms. The number of benzene rings is 1. The number of aryl methyl sites for hydroxylation is 1. The molecule has 0 saturated carbocycles. The number of alkyl halides is 3. The van der Waals surface area contributed by atoms with Crippen molar-refractivity contribution in [3.05, 3.63) is 40.5 Å². The predicted octanol–water partition coefficient (Wildman–Crippen LogP) is 5.28. The number of ether oxygens (including phenoxy) is 1. The lowest BCUT2D eigenvalue weighted by Crippen LogP contribution is -2.47. The fourth-order valence-electron chi connectivity index (χ4n) is 4.72. The third kappa shape index (κ3) is 5.78. The number of ketones is 1. The van der Waals surface area contributed by atoms with Gasteiger partial charge >= 0.3 is 12.1 Å². The smallest absolute Gasteiger partial charge is 0.416 e. The number of halogens is 3. The second-order valence-corrected chi connectivity index (χ2v) is 9.01. The Kier molecular flexibility index (Phi) is 7.88. The molecule has 0 unspecified atom stereocenters. The van der Waals surface area contributed by atoms with Gasteiger partial charge in [0.05, 0.1) is 5.56 Å². The minimum atomic E-state index is -4.37. The quantitative estimate of drug-likeness (QED) is 0.396. The van der Waals surface area contributed by atoms with E-state index in [9.17, 15) is 22.8 Å². The first-order valence-corrected chi connectivity index (χ1v) is 11.7. The summed E-state index contributed by atoms with van der Waals surface area (Å²) in [5, 5.41) is 3.07. The van der Waals surface area contributed by atoms with Gasteiger partial charge in [-0.25, -0.2) is 4.79 Å². The number of likely N-dealkylation sites (tertiary alicyclic amines) is 1. The molecule has 5 nitrogen and oxygen atoms in total. The monoisotopic (exact) mass is 466 g/mol. The van der Waals surface area contributed by atoms with Crippen LogP contribution < -0.4 is 5.32 Å². The number of anilines is 1. The van der Waals surface area contributed by atoms with E-state index in [1.807, 2.05) is 0 Å². The molecule has 2 aliphatic rings. The van der Waals surface area contributed by atoms with Crippen molar-refractivity contribution in [1.82, 2.24) is 4.90 Å². The first-order chi connectivity index (χ1) is 15.6. The summed E-state index contributed by atoms with van der Waals surface area (Å²) in [6.45, 7) is 8.60. The van der Waals surface area contributed by atoms with Crippen LogP contribution in [0.3, 0.4) is 0 Å². The summed E-state index contributed by atoms with van der Waals surface area (Å²) in [5.41, 5.74) is 0.783. The van der Waals surface area contributed by atoms with E-state index in [2.05, 4.69) is 17.1 Å². The largest absolute Gasteiger partial charge is 0.451 e. The molecule has 1 aromatic carbocycles.